The van der Waals surface area contributed by atoms with E-state index in [0.29, 0.717) is 10.8 Å². The number of nitrogens with two attached hydrogens (primary N) is 1. The van der Waals surface area contributed by atoms with Gasteiger partial charge in [-0.25, -0.2) is 9.97 Å². The Morgan fingerprint density at radius 3 is 3.00 bits per heavy atom. The van der Waals surface area contributed by atoms with Crippen molar-refractivity contribution in [3.8, 4) is 0 Å². The van der Waals surface area contributed by atoms with Gasteiger partial charge in [0.25, 0.3) is 5.91 Å². The molecule has 110 valence electrons. The third-order valence-corrected chi connectivity index (χ3v) is 3.78. The van der Waals surface area contributed by atoms with Gasteiger partial charge in [0.15, 0.2) is 5.13 Å². The van der Waals surface area contributed by atoms with Crippen molar-refractivity contribution in [1.29, 1.82) is 0 Å². The second-order valence-electron chi connectivity index (χ2n) is 4.52. The molecule has 22 heavy (non-hydrogen) atoms. The van der Waals surface area contributed by atoms with Crippen LogP contribution in [0.5, 0.6) is 0 Å². The van der Waals surface area contributed by atoms with Gasteiger partial charge in [-0.3, -0.25) is 15.1 Å². The minimum atomic E-state index is -0.334. The van der Waals surface area contributed by atoms with Crippen LogP contribution < -0.4 is 11.2 Å². The number of hydrogen-bond donors (Lipinski definition) is 2. The summed E-state index contributed by atoms with van der Waals surface area (Å²) in [6.07, 6.45) is 4.57. The van der Waals surface area contributed by atoms with Crippen molar-refractivity contribution in [2.75, 3.05) is 5.32 Å². The fourth-order valence-electron chi connectivity index (χ4n) is 1.90. The number of aryl methyl sites for hydroxylation is 1. The predicted octanol–water partition coefficient (Wildman–Crippen LogP) is 1.94. The Bertz CT molecular complexity index is 873. The molecule has 7 nitrogen and oxygen atoms in total. The zero-order valence-electron chi connectivity index (χ0n) is 11.6. The van der Waals surface area contributed by atoms with Crippen molar-refractivity contribution in [1.82, 2.24) is 15.0 Å². The van der Waals surface area contributed by atoms with Gasteiger partial charge in [-0.15, -0.1) is 0 Å². The number of carbonyl (C=O) groups is 1. The molecule has 1 aromatic carbocycles. The van der Waals surface area contributed by atoms with E-state index in [1.165, 1.54) is 17.5 Å². The average molecular weight is 312 g/mol. The molecule has 0 saturated heterocycles. The highest BCUT2D eigenvalue weighted by Gasteiger charge is 2.11. The number of thiazole rings is 1. The largest absolute Gasteiger partial charge is 0.323 e. The van der Waals surface area contributed by atoms with Crippen LogP contribution >= 0.6 is 11.3 Å². The molecule has 0 bridgehead atoms. The third kappa shape index (κ3) is 2.91. The number of aromatic nitrogens is 3. The number of nitrogens with one attached hydrogen (secondary N) is 1. The molecule has 0 saturated carbocycles. The van der Waals surface area contributed by atoms with Gasteiger partial charge in [-0.05, 0) is 24.6 Å². The first-order valence-electron chi connectivity index (χ1n) is 6.39. The number of carbonyl (C=O) groups excluding carboxylic acids is 1. The Balaban J connectivity index is 1.86. The molecule has 2 aromatic heterocycles. The van der Waals surface area contributed by atoms with Gasteiger partial charge in [0, 0.05) is 6.20 Å². The molecule has 0 radical (unpaired) electrons. The van der Waals surface area contributed by atoms with E-state index in [9.17, 15) is 4.79 Å². The first-order chi connectivity index (χ1) is 10.7. The Labute approximate surface area is 129 Å². The molecule has 2 heterocycles. The second kappa shape index (κ2) is 5.86. The molecule has 0 atom stereocenters. The first-order valence-corrected chi connectivity index (χ1v) is 7.21. The van der Waals surface area contributed by atoms with Crippen LogP contribution in [0.4, 0.5) is 5.13 Å². The zero-order valence-corrected chi connectivity index (χ0v) is 12.5. The predicted molar refractivity (Wildman–Crippen MR) is 86.1 cm³/mol. The lowest BCUT2D eigenvalue weighted by Gasteiger charge is -2.00. The zero-order chi connectivity index (χ0) is 15.5. The number of nitrogens with zero attached hydrogens (tertiary/aromatic N) is 4. The second-order valence-corrected chi connectivity index (χ2v) is 5.55. The van der Waals surface area contributed by atoms with Gasteiger partial charge in [0.05, 0.1) is 28.3 Å². The molecule has 1 amide bonds. The van der Waals surface area contributed by atoms with E-state index in [1.54, 1.807) is 19.3 Å². The number of amides is 1. The van der Waals surface area contributed by atoms with Gasteiger partial charge in [0.1, 0.15) is 5.69 Å². The lowest BCUT2D eigenvalue weighted by atomic mass is 10.2. The van der Waals surface area contributed by atoms with Crippen LogP contribution in [0, 0.1) is 6.92 Å². The molecule has 3 rings (SSSR count). The summed E-state index contributed by atoms with van der Waals surface area (Å²) >= 11 is 1.37. The highest BCUT2D eigenvalue weighted by Crippen LogP contribution is 2.26. The SMILES string of the molecule is Cc1cncc(C(=O)Nc2nc3ccc(C=NN)cc3s2)n1. The molecule has 8 heteroatoms. The van der Waals surface area contributed by atoms with Gasteiger partial charge in [0.2, 0.25) is 0 Å². The van der Waals surface area contributed by atoms with Crippen molar-refractivity contribution in [2.45, 2.75) is 6.92 Å². The van der Waals surface area contributed by atoms with E-state index in [4.69, 9.17) is 5.84 Å². The van der Waals surface area contributed by atoms with Gasteiger partial charge < -0.3 is 5.84 Å². The van der Waals surface area contributed by atoms with Crippen molar-refractivity contribution >= 4 is 38.8 Å². The summed E-state index contributed by atoms with van der Waals surface area (Å²) in [6, 6.07) is 5.62. The van der Waals surface area contributed by atoms with Crippen molar-refractivity contribution in [3.05, 3.63) is 47.5 Å². The average Bonchev–Trinajstić information content (AvgIpc) is 2.89. The van der Waals surface area contributed by atoms with E-state index >= 15 is 0 Å². The van der Waals surface area contributed by atoms with Crippen LogP contribution in [0.25, 0.3) is 10.2 Å². The number of benzene rings is 1. The maximum atomic E-state index is 12.1. The number of anilines is 1. The highest BCUT2D eigenvalue weighted by molar-refractivity contribution is 7.22. The van der Waals surface area contributed by atoms with Crippen LogP contribution in [0.1, 0.15) is 21.7 Å². The first kappa shape index (κ1) is 14.1. The summed E-state index contributed by atoms with van der Waals surface area (Å²) < 4.78 is 0.933. The van der Waals surface area contributed by atoms with Crippen LogP contribution in [-0.4, -0.2) is 27.1 Å². The fourth-order valence-corrected chi connectivity index (χ4v) is 2.80. The molecule has 0 spiro atoms. The summed E-state index contributed by atoms with van der Waals surface area (Å²) in [5.74, 6) is 4.81. The molecule has 0 aliphatic heterocycles. The normalized spacial score (nSPS) is 11.1. The van der Waals surface area contributed by atoms with Gasteiger partial charge in [-0.2, -0.15) is 5.10 Å². The van der Waals surface area contributed by atoms with Crippen molar-refractivity contribution < 1.29 is 4.79 Å². The topological polar surface area (TPSA) is 106 Å². The number of rotatable bonds is 3. The van der Waals surface area contributed by atoms with E-state index in [2.05, 4.69) is 25.4 Å². The Hall–Kier alpha value is -2.87. The Kier molecular flexibility index (Phi) is 3.75. The van der Waals surface area contributed by atoms with E-state index in [1.807, 2.05) is 18.2 Å². The van der Waals surface area contributed by atoms with E-state index < -0.39 is 0 Å². The molecule has 0 unspecified atom stereocenters. The van der Waals surface area contributed by atoms with Gasteiger partial charge in [-0.1, -0.05) is 17.4 Å². The quantitative estimate of drug-likeness (QED) is 0.437. The maximum absolute atomic E-state index is 12.1. The van der Waals surface area contributed by atoms with Gasteiger partial charge >= 0.3 is 0 Å². The van der Waals surface area contributed by atoms with E-state index in [-0.39, 0.29) is 11.6 Å². The Morgan fingerprint density at radius 1 is 1.36 bits per heavy atom. The summed E-state index contributed by atoms with van der Waals surface area (Å²) in [5, 5.41) is 6.73. The molecular formula is C14H12N6OS. The highest BCUT2D eigenvalue weighted by atomic mass is 32.1. The molecule has 3 N–H and O–H groups in total. The van der Waals surface area contributed by atoms with Crippen LogP contribution in [0.15, 0.2) is 35.7 Å². The smallest absolute Gasteiger partial charge is 0.277 e. The number of hydrazone groups is 1. The lowest BCUT2D eigenvalue weighted by Crippen LogP contribution is -2.14. The fraction of sp³-hybridized carbons (Fsp3) is 0.0714. The van der Waals surface area contributed by atoms with Crippen LogP contribution in [0.2, 0.25) is 0 Å². The third-order valence-electron chi connectivity index (χ3n) is 2.84. The van der Waals surface area contributed by atoms with Crippen molar-refractivity contribution in [2.24, 2.45) is 10.9 Å². The van der Waals surface area contributed by atoms with E-state index in [0.717, 1.165) is 15.8 Å². The summed E-state index contributed by atoms with van der Waals surface area (Å²) in [4.78, 5) is 24.6. The monoisotopic (exact) mass is 312 g/mol. The lowest BCUT2D eigenvalue weighted by molar-refractivity contribution is 0.102. The standard InChI is InChI=1S/C14H12N6OS/c1-8-5-16-7-11(18-8)13(21)20-14-19-10-3-2-9(6-17-15)4-12(10)22-14/h2-7H,15H2,1H3,(H,19,20,21). The molecule has 0 aliphatic carbocycles. The summed E-state index contributed by atoms with van der Waals surface area (Å²) in [6.45, 7) is 1.78. The maximum Gasteiger partial charge on any atom is 0.277 e. The molecule has 3 aromatic rings. The minimum absolute atomic E-state index is 0.259. The summed E-state index contributed by atoms with van der Waals surface area (Å²) in [5.41, 5.74) is 2.61. The van der Waals surface area contributed by atoms with Crippen LogP contribution in [-0.2, 0) is 0 Å². The molecule has 0 aliphatic rings. The number of fused-ring (bicyclic) bond motifs is 1. The van der Waals surface area contributed by atoms with Crippen molar-refractivity contribution in [3.63, 3.8) is 0 Å². The number of hydrogen-bond acceptors (Lipinski definition) is 7. The summed E-state index contributed by atoms with van der Waals surface area (Å²) in [7, 11) is 0. The molecule has 0 fully saturated rings. The molecular weight excluding hydrogens is 300 g/mol. The minimum Gasteiger partial charge on any atom is -0.323 e. The van der Waals surface area contributed by atoms with Crippen LogP contribution in [0.3, 0.4) is 0 Å². The Morgan fingerprint density at radius 2 is 2.23 bits per heavy atom.